The molecule has 20 heavy (non-hydrogen) atoms. The van der Waals surface area contributed by atoms with Gasteiger partial charge in [-0.05, 0) is 29.7 Å². The summed E-state index contributed by atoms with van der Waals surface area (Å²) in [6, 6.07) is 16.0. The summed E-state index contributed by atoms with van der Waals surface area (Å²) in [4.78, 5) is 16.8. The molecule has 0 amide bonds. The van der Waals surface area contributed by atoms with Crippen LogP contribution in [0.3, 0.4) is 0 Å². The van der Waals surface area contributed by atoms with Gasteiger partial charge >= 0.3 is 0 Å². The SMILES string of the molecule is CCc1ccccc1CC(=O)c1nc2ccccc2s1. The predicted molar refractivity (Wildman–Crippen MR) is 83.5 cm³/mol. The van der Waals surface area contributed by atoms with Gasteiger partial charge in [0, 0.05) is 6.42 Å². The van der Waals surface area contributed by atoms with E-state index in [0.29, 0.717) is 11.4 Å². The van der Waals surface area contributed by atoms with E-state index < -0.39 is 0 Å². The molecule has 1 aromatic heterocycles. The van der Waals surface area contributed by atoms with E-state index in [4.69, 9.17) is 0 Å². The maximum absolute atomic E-state index is 12.4. The molecule has 100 valence electrons. The smallest absolute Gasteiger partial charge is 0.195 e. The van der Waals surface area contributed by atoms with Crippen molar-refractivity contribution in [3.05, 3.63) is 64.7 Å². The first kappa shape index (κ1) is 13.0. The number of thiazole rings is 1. The molecule has 3 rings (SSSR count). The number of benzene rings is 2. The van der Waals surface area contributed by atoms with Gasteiger partial charge in [-0.1, -0.05) is 43.3 Å². The number of rotatable bonds is 4. The van der Waals surface area contributed by atoms with Crippen molar-refractivity contribution in [2.75, 3.05) is 0 Å². The van der Waals surface area contributed by atoms with E-state index in [1.54, 1.807) is 0 Å². The van der Waals surface area contributed by atoms with Gasteiger partial charge in [0.1, 0.15) is 0 Å². The van der Waals surface area contributed by atoms with Crippen LogP contribution in [0.5, 0.6) is 0 Å². The van der Waals surface area contributed by atoms with E-state index in [1.807, 2.05) is 42.5 Å². The van der Waals surface area contributed by atoms with Gasteiger partial charge in [0.15, 0.2) is 10.8 Å². The number of Topliss-reactive ketones (excluding diaryl/α,β-unsaturated/α-hetero) is 1. The largest absolute Gasteiger partial charge is 0.291 e. The Morgan fingerprint density at radius 3 is 2.50 bits per heavy atom. The van der Waals surface area contributed by atoms with E-state index in [0.717, 1.165) is 22.2 Å². The minimum atomic E-state index is 0.104. The van der Waals surface area contributed by atoms with Crippen LogP contribution in [0.2, 0.25) is 0 Å². The van der Waals surface area contributed by atoms with Crippen molar-refractivity contribution < 1.29 is 4.79 Å². The Kier molecular flexibility index (Phi) is 3.61. The van der Waals surface area contributed by atoms with E-state index in [2.05, 4.69) is 18.0 Å². The predicted octanol–water partition coefficient (Wildman–Crippen LogP) is 4.28. The summed E-state index contributed by atoms with van der Waals surface area (Å²) < 4.78 is 1.07. The second-order valence-corrected chi connectivity index (χ2v) is 5.74. The molecule has 0 fully saturated rings. The lowest BCUT2D eigenvalue weighted by molar-refractivity contribution is 0.0992. The number of carbonyl (C=O) groups is 1. The van der Waals surface area contributed by atoms with E-state index >= 15 is 0 Å². The lowest BCUT2D eigenvalue weighted by Gasteiger charge is -2.05. The zero-order valence-corrected chi connectivity index (χ0v) is 12.1. The number of nitrogens with zero attached hydrogens (tertiary/aromatic N) is 1. The van der Waals surface area contributed by atoms with E-state index in [1.165, 1.54) is 16.9 Å². The van der Waals surface area contributed by atoms with Crippen molar-refractivity contribution in [3.8, 4) is 0 Å². The van der Waals surface area contributed by atoms with Crippen LogP contribution >= 0.6 is 11.3 Å². The average Bonchev–Trinajstić information content (AvgIpc) is 2.92. The van der Waals surface area contributed by atoms with Gasteiger partial charge < -0.3 is 0 Å². The summed E-state index contributed by atoms with van der Waals surface area (Å²) in [6.45, 7) is 2.11. The first-order valence-electron chi connectivity index (χ1n) is 6.73. The third-order valence-electron chi connectivity index (χ3n) is 3.38. The van der Waals surface area contributed by atoms with Crippen molar-refractivity contribution in [3.63, 3.8) is 0 Å². The lowest BCUT2D eigenvalue weighted by Crippen LogP contribution is -2.05. The topological polar surface area (TPSA) is 30.0 Å². The van der Waals surface area contributed by atoms with Crippen LogP contribution < -0.4 is 0 Å². The van der Waals surface area contributed by atoms with Crippen LogP contribution in [-0.4, -0.2) is 10.8 Å². The fourth-order valence-electron chi connectivity index (χ4n) is 2.31. The van der Waals surface area contributed by atoms with Gasteiger partial charge in [-0.25, -0.2) is 4.98 Å². The molecule has 0 saturated carbocycles. The summed E-state index contributed by atoms with van der Waals surface area (Å²) in [5, 5.41) is 0.608. The highest BCUT2D eigenvalue weighted by molar-refractivity contribution is 7.20. The highest BCUT2D eigenvalue weighted by Gasteiger charge is 2.14. The molecule has 2 nitrogen and oxygen atoms in total. The minimum Gasteiger partial charge on any atom is -0.291 e. The summed E-state index contributed by atoms with van der Waals surface area (Å²) in [7, 11) is 0. The van der Waals surface area contributed by atoms with Crippen molar-refractivity contribution in [2.24, 2.45) is 0 Å². The number of hydrogen-bond donors (Lipinski definition) is 0. The average molecular weight is 281 g/mol. The molecular formula is C17H15NOS. The Morgan fingerprint density at radius 1 is 1.05 bits per heavy atom. The molecule has 1 heterocycles. The van der Waals surface area contributed by atoms with Crippen LogP contribution in [0.4, 0.5) is 0 Å². The van der Waals surface area contributed by atoms with Gasteiger partial charge in [0.05, 0.1) is 10.2 Å². The third kappa shape index (κ3) is 2.49. The minimum absolute atomic E-state index is 0.104. The molecule has 0 N–H and O–H groups in total. The molecule has 0 unspecified atom stereocenters. The molecule has 0 radical (unpaired) electrons. The summed E-state index contributed by atoms with van der Waals surface area (Å²) in [6.07, 6.45) is 1.38. The standard InChI is InChI=1S/C17H15NOS/c1-2-12-7-3-4-8-13(12)11-15(19)17-18-14-9-5-6-10-16(14)20-17/h3-10H,2,11H2,1H3. The number of ketones is 1. The summed E-state index contributed by atoms with van der Waals surface area (Å²) >= 11 is 1.48. The molecule has 0 aliphatic rings. The third-order valence-corrected chi connectivity index (χ3v) is 4.46. The highest BCUT2D eigenvalue weighted by Crippen LogP contribution is 2.23. The highest BCUT2D eigenvalue weighted by atomic mass is 32.1. The molecule has 3 heteroatoms. The molecule has 2 aromatic carbocycles. The van der Waals surface area contributed by atoms with Crippen molar-refractivity contribution in [2.45, 2.75) is 19.8 Å². The van der Waals surface area contributed by atoms with Crippen LogP contribution in [0.15, 0.2) is 48.5 Å². The van der Waals surface area contributed by atoms with Crippen molar-refractivity contribution >= 4 is 27.3 Å². The normalized spacial score (nSPS) is 10.8. The number of fused-ring (bicyclic) bond motifs is 1. The molecule has 0 spiro atoms. The first-order valence-corrected chi connectivity index (χ1v) is 7.55. The van der Waals surface area contributed by atoms with Crippen LogP contribution in [0.1, 0.15) is 27.9 Å². The number of aromatic nitrogens is 1. The molecule has 0 aliphatic carbocycles. The van der Waals surface area contributed by atoms with Crippen LogP contribution in [0.25, 0.3) is 10.2 Å². The second-order valence-electron chi connectivity index (χ2n) is 4.71. The fraction of sp³-hybridized carbons (Fsp3) is 0.176. The monoisotopic (exact) mass is 281 g/mol. The maximum Gasteiger partial charge on any atom is 0.195 e. The quantitative estimate of drug-likeness (QED) is 0.668. The molecule has 0 aliphatic heterocycles. The van der Waals surface area contributed by atoms with Gasteiger partial charge in [0.2, 0.25) is 0 Å². The lowest BCUT2D eigenvalue weighted by atomic mass is 10.0. The molecule has 0 atom stereocenters. The number of aryl methyl sites for hydroxylation is 1. The zero-order chi connectivity index (χ0) is 13.9. The number of para-hydroxylation sites is 1. The summed E-state index contributed by atoms with van der Waals surface area (Å²) in [5.41, 5.74) is 3.26. The van der Waals surface area contributed by atoms with Crippen LogP contribution in [0, 0.1) is 0 Å². The van der Waals surface area contributed by atoms with Gasteiger partial charge in [-0.3, -0.25) is 4.79 Å². The molecule has 3 aromatic rings. The number of carbonyl (C=O) groups excluding carboxylic acids is 1. The Balaban J connectivity index is 1.89. The maximum atomic E-state index is 12.4. The Labute approximate surface area is 122 Å². The first-order chi connectivity index (χ1) is 9.78. The van der Waals surface area contributed by atoms with Gasteiger partial charge in [0.25, 0.3) is 0 Å². The fourth-order valence-corrected chi connectivity index (χ4v) is 3.22. The zero-order valence-electron chi connectivity index (χ0n) is 11.3. The van der Waals surface area contributed by atoms with Gasteiger partial charge in [-0.15, -0.1) is 11.3 Å². The Morgan fingerprint density at radius 2 is 1.75 bits per heavy atom. The second kappa shape index (κ2) is 5.55. The van der Waals surface area contributed by atoms with Crippen molar-refractivity contribution in [1.82, 2.24) is 4.98 Å². The van der Waals surface area contributed by atoms with Crippen molar-refractivity contribution in [1.29, 1.82) is 0 Å². The van der Waals surface area contributed by atoms with E-state index in [9.17, 15) is 4.79 Å². The Hall–Kier alpha value is -2.00. The molecular weight excluding hydrogens is 266 g/mol. The summed E-state index contributed by atoms with van der Waals surface area (Å²) in [5.74, 6) is 0.104. The van der Waals surface area contributed by atoms with Gasteiger partial charge in [-0.2, -0.15) is 0 Å². The number of hydrogen-bond acceptors (Lipinski definition) is 3. The molecule has 0 saturated heterocycles. The Bertz CT molecular complexity index is 727. The van der Waals surface area contributed by atoms with E-state index in [-0.39, 0.29) is 5.78 Å². The molecule has 0 bridgehead atoms. The van der Waals surface area contributed by atoms with Crippen LogP contribution in [-0.2, 0) is 12.8 Å².